The number of H-pyrrole nitrogens is 1. The van der Waals surface area contributed by atoms with E-state index in [1.807, 2.05) is 48.5 Å². The molecular weight excluding hydrogens is 426 g/mol. The number of aldehydes is 1. The SMILES string of the molecule is CCNc1cccnc1N1CCN(c2cc3cc(OCc4ccccc4)ccc3[nH]2)C(C=O)C1. The van der Waals surface area contributed by atoms with Crippen LogP contribution in [0.1, 0.15) is 12.5 Å². The molecule has 174 valence electrons. The summed E-state index contributed by atoms with van der Waals surface area (Å²) < 4.78 is 5.99. The van der Waals surface area contributed by atoms with Gasteiger partial charge in [0.1, 0.15) is 30.5 Å². The van der Waals surface area contributed by atoms with Crippen LogP contribution in [0.15, 0.2) is 72.9 Å². The number of pyridine rings is 1. The maximum Gasteiger partial charge on any atom is 0.152 e. The Morgan fingerprint density at radius 2 is 2.00 bits per heavy atom. The third kappa shape index (κ3) is 4.55. The van der Waals surface area contributed by atoms with Gasteiger partial charge in [0, 0.05) is 43.3 Å². The number of piperazine rings is 1. The minimum Gasteiger partial charge on any atom is -0.489 e. The quantitative estimate of drug-likeness (QED) is 0.382. The molecule has 1 atom stereocenters. The Morgan fingerprint density at radius 1 is 1.12 bits per heavy atom. The predicted molar refractivity (Wildman–Crippen MR) is 137 cm³/mol. The van der Waals surface area contributed by atoms with Crippen molar-refractivity contribution in [1.29, 1.82) is 0 Å². The first-order valence-corrected chi connectivity index (χ1v) is 11.7. The number of hydrogen-bond acceptors (Lipinski definition) is 6. The number of anilines is 3. The van der Waals surface area contributed by atoms with Crippen molar-refractivity contribution in [3.63, 3.8) is 0 Å². The number of nitrogens with one attached hydrogen (secondary N) is 2. The van der Waals surface area contributed by atoms with Gasteiger partial charge < -0.3 is 29.6 Å². The lowest BCUT2D eigenvalue weighted by Crippen LogP contribution is -2.54. The Bertz CT molecular complexity index is 1260. The fraction of sp³-hybridized carbons (Fsp3) is 0.259. The molecule has 2 N–H and O–H groups in total. The summed E-state index contributed by atoms with van der Waals surface area (Å²) >= 11 is 0. The number of carbonyl (C=O) groups excluding carboxylic acids is 1. The van der Waals surface area contributed by atoms with Crippen molar-refractivity contribution in [2.45, 2.75) is 19.6 Å². The Kier molecular flexibility index (Phi) is 6.33. The van der Waals surface area contributed by atoms with Crippen LogP contribution < -0.4 is 19.9 Å². The van der Waals surface area contributed by atoms with Gasteiger partial charge in [0.25, 0.3) is 0 Å². The third-order valence-corrected chi connectivity index (χ3v) is 6.16. The number of aromatic amines is 1. The van der Waals surface area contributed by atoms with E-state index in [-0.39, 0.29) is 6.04 Å². The van der Waals surface area contributed by atoms with Gasteiger partial charge in [-0.05, 0) is 48.9 Å². The van der Waals surface area contributed by atoms with E-state index >= 15 is 0 Å². The van der Waals surface area contributed by atoms with Gasteiger partial charge in [0.2, 0.25) is 0 Å². The molecule has 0 saturated carbocycles. The number of carbonyl (C=O) groups is 1. The van der Waals surface area contributed by atoms with Crippen LogP contribution in [0.3, 0.4) is 0 Å². The highest BCUT2D eigenvalue weighted by Crippen LogP contribution is 2.30. The van der Waals surface area contributed by atoms with E-state index in [9.17, 15) is 4.79 Å². The normalized spacial score (nSPS) is 16.0. The standard InChI is InChI=1S/C27H29N5O2/c1-2-28-25-9-6-12-29-27(25)31-13-14-32(22(17-31)18-33)26-16-21-15-23(10-11-24(21)30-26)34-19-20-7-4-3-5-8-20/h3-12,15-16,18,22,28,30H,2,13-14,17,19H2,1H3. The molecule has 2 aromatic heterocycles. The molecule has 7 nitrogen and oxygen atoms in total. The van der Waals surface area contributed by atoms with Crippen LogP contribution in [0.25, 0.3) is 10.9 Å². The first-order valence-electron chi connectivity index (χ1n) is 11.7. The van der Waals surface area contributed by atoms with Gasteiger partial charge in [-0.2, -0.15) is 0 Å². The van der Waals surface area contributed by atoms with E-state index in [1.165, 1.54) is 0 Å². The van der Waals surface area contributed by atoms with Gasteiger partial charge in [-0.25, -0.2) is 4.98 Å². The molecule has 4 aromatic rings. The third-order valence-electron chi connectivity index (χ3n) is 6.16. The van der Waals surface area contributed by atoms with E-state index in [2.05, 4.69) is 50.2 Å². The van der Waals surface area contributed by atoms with Crippen LogP contribution >= 0.6 is 0 Å². The minimum absolute atomic E-state index is 0.271. The van der Waals surface area contributed by atoms with E-state index in [0.29, 0.717) is 13.2 Å². The summed E-state index contributed by atoms with van der Waals surface area (Å²) in [5.74, 6) is 2.66. The molecule has 1 aliphatic heterocycles. The van der Waals surface area contributed by atoms with Gasteiger partial charge >= 0.3 is 0 Å². The number of fused-ring (bicyclic) bond motifs is 1. The second-order valence-electron chi connectivity index (χ2n) is 8.43. The number of nitrogens with zero attached hydrogens (tertiary/aromatic N) is 3. The molecule has 1 unspecified atom stereocenters. The van der Waals surface area contributed by atoms with Crippen LogP contribution in [0, 0.1) is 0 Å². The van der Waals surface area contributed by atoms with E-state index in [1.54, 1.807) is 6.20 Å². The first kappa shape index (κ1) is 21.8. The molecule has 0 amide bonds. The van der Waals surface area contributed by atoms with Crippen LogP contribution in [0.5, 0.6) is 5.75 Å². The maximum absolute atomic E-state index is 12.1. The zero-order valence-electron chi connectivity index (χ0n) is 19.3. The largest absolute Gasteiger partial charge is 0.489 e. The highest BCUT2D eigenvalue weighted by Gasteiger charge is 2.29. The number of rotatable bonds is 8. The van der Waals surface area contributed by atoms with E-state index in [4.69, 9.17) is 4.74 Å². The number of aromatic nitrogens is 2. The molecule has 0 spiro atoms. The van der Waals surface area contributed by atoms with Gasteiger partial charge in [-0.15, -0.1) is 0 Å². The van der Waals surface area contributed by atoms with Gasteiger partial charge in [-0.1, -0.05) is 30.3 Å². The lowest BCUT2D eigenvalue weighted by Gasteiger charge is -2.40. The number of ether oxygens (including phenoxy) is 1. The summed E-state index contributed by atoms with van der Waals surface area (Å²) in [6, 6.07) is 22.0. The Morgan fingerprint density at radius 3 is 2.82 bits per heavy atom. The fourth-order valence-electron chi connectivity index (χ4n) is 4.48. The topological polar surface area (TPSA) is 73.5 Å². The summed E-state index contributed by atoms with van der Waals surface area (Å²) in [5, 5.41) is 4.43. The summed E-state index contributed by atoms with van der Waals surface area (Å²) in [7, 11) is 0. The number of hydrogen-bond donors (Lipinski definition) is 2. The molecule has 3 heterocycles. The van der Waals surface area contributed by atoms with Crippen molar-refractivity contribution in [3.8, 4) is 5.75 Å². The van der Waals surface area contributed by atoms with Crippen molar-refractivity contribution in [2.75, 3.05) is 41.3 Å². The highest BCUT2D eigenvalue weighted by molar-refractivity contribution is 5.86. The molecule has 0 radical (unpaired) electrons. The van der Waals surface area contributed by atoms with Crippen molar-refractivity contribution < 1.29 is 9.53 Å². The Hall–Kier alpha value is -4.00. The second-order valence-corrected chi connectivity index (χ2v) is 8.43. The molecule has 34 heavy (non-hydrogen) atoms. The first-order chi connectivity index (χ1) is 16.7. The molecule has 1 fully saturated rings. The molecule has 0 bridgehead atoms. The number of benzene rings is 2. The molecule has 2 aromatic carbocycles. The summed E-state index contributed by atoms with van der Waals surface area (Å²) in [6.45, 7) is 5.50. The van der Waals surface area contributed by atoms with Gasteiger partial charge in [-0.3, -0.25) is 0 Å². The second kappa shape index (κ2) is 9.87. The van der Waals surface area contributed by atoms with Crippen LogP contribution in [-0.2, 0) is 11.4 Å². The maximum atomic E-state index is 12.1. The van der Waals surface area contributed by atoms with E-state index < -0.39 is 0 Å². The Labute approximate surface area is 199 Å². The van der Waals surface area contributed by atoms with Crippen LogP contribution in [0.4, 0.5) is 17.3 Å². The van der Waals surface area contributed by atoms with Crippen molar-refractivity contribution in [3.05, 3.63) is 78.5 Å². The summed E-state index contributed by atoms with van der Waals surface area (Å²) in [5.41, 5.74) is 3.15. The molecule has 1 aliphatic rings. The predicted octanol–water partition coefficient (Wildman–Crippen LogP) is 4.47. The summed E-state index contributed by atoms with van der Waals surface area (Å²) in [4.78, 5) is 24.5. The van der Waals surface area contributed by atoms with Crippen LogP contribution in [0.2, 0.25) is 0 Å². The molecule has 5 rings (SSSR count). The van der Waals surface area contributed by atoms with Crippen molar-refractivity contribution >= 4 is 34.5 Å². The van der Waals surface area contributed by atoms with Crippen LogP contribution in [-0.4, -0.2) is 48.5 Å². The fourth-order valence-corrected chi connectivity index (χ4v) is 4.48. The molecule has 7 heteroatoms. The molecule has 1 saturated heterocycles. The lowest BCUT2D eigenvalue weighted by molar-refractivity contribution is -0.109. The molecular formula is C27H29N5O2. The summed E-state index contributed by atoms with van der Waals surface area (Å²) in [6.07, 6.45) is 2.83. The molecule has 0 aliphatic carbocycles. The lowest BCUT2D eigenvalue weighted by atomic mass is 10.1. The average molecular weight is 456 g/mol. The average Bonchev–Trinajstić information content (AvgIpc) is 3.31. The smallest absolute Gasteiger partial charge is 0.152 e. The monoisotopic (exact) mass is 455 g/mol. The van der Waals surface area contributed by atoms with Gasteiger partial charge in [0.05, 0.1) is 5.69 Å². The zero-order chi connectivity index (χ0) is 23.3. The van der Waals surface area contributed by atoms with Crippen molar-refractivity contribution in [1.82, 2.24) is 9.97 Å². The Balaban J connectivity index is 1.32. The van der Waals surface area contributed by atoms with E-state index in [0.717, 1.165) is 65.5 Å². The van der Waals surface area contributed by atoms with Crippen molar-refractivity contribution in [2.24, 2.45) is 0 Å². The van der Waals surface area contributed by atoms with Gasteiger partial charge in [0.15, 0.2) is 5.82 Å². The zero-order valence-corrected chi connectivity index (χ0v) is 19.3. The minimum atomic E-state index is -0.271. The highest BCUT2D eigenvalue weighted by atomic mass is 16.5.